The van der Waals surface area contributed by atoms with Crippen molar-refractivity contribution in [2.45, 2.75) is 31.3 Å². The number of sulfonamides is 1. The van der Waals surface area contributed by atoms with Gasteiger partial charge < -0.3 is 10.4 Å². The van der Waals surface area contributed by atoms with Gasteiger partial charge >= 0.3 is 5.97 Å². The number of hydrogen-bond acceptors (Lipinski definition) is 4. The summed E-state index contributed by atoms with van der Waals surface area (Å²) in [5, 5.41) is 12.3. The van der Waals surface area contributed by atoms with Crippen molar-refractivity contribution in [1.82, 2.24) is 4.31 Å². The zero-order valence-electron chi connectivity index (χ0n) is 14.7. The van der Waals surface area contributed by atoms with Crippen LogP contribution < -0.4 is 5.32 Å². The molecule has 0 saturated carbocycles. The largest absolute Gasteiger partial charge is 0.480 e. The van der Waals surface area contributed by atoms with Gasteiger partial charge in [0.25, 0.3) is 0 Å². The van der Waals surface area contributed by atoms with E-state index in [9.17, 15) is 23.1 Å². The van der Waals surface area contributed by atoms with Crippen molar-refractivity contribution in [3.8, 4) is 0 Å². The van der Waals surface area contributed by atoms with E-state index in [1.165, 1.54) is 38.1 Å². The van der Waals surface area contributed by atoms with Gasteiger partial charge in [-0.3, -0.25) is 9.59 Å². The van der Waals surface area contributed by atoms with Crippen molar-refractivity contribution in [3.63, 3.8) is 0 Å². The molecule has 0 saturated heterocycles. The van der Waals surface area contributed by atoms with E-state index in [2.05, 4.69) is 5.32 Å². The van der Waals surface area contributed by atoms with E-state index in [1.807, 2.05) is 0 Å². The number of halogens is 1. The zero-order valence-corrected chi connectivity index (χ0v) is 16.3. The second kappa shape index (κ2) is 8.51. The summed E-state index contributed by atoms with van der Waals surface area (Å²) in [5.74, 6) is -1.56. The minimum atomic E-state index is -4.12. The first-order chi connectivity index (χ1) is 12.6. The zero-order chi connectivity index (χ0) is 20.2. The Balaban J connectivity index is 2.42. The number of benzene rings is 2. The molecular weight excluding hydrogens is 392 g/mol. The van der Waals surface area contributed by atoms with Gasteiger partial charge in [0.05, 0.1) is 4.90 Å². The van der Waals surface area contributed by atoms with E-state index in [-0.39, 0.29) is 17.3 Å². The molecule has 2 rings (SSSR count). The first kappa shape index (κ1) is 20.9. The van der Waals surface area contributed by atoms with E-state index in [4.69, 9.17) is 11.6 Å². The quantitative estimate of drug-likeness (QED) is 0.730. The van der Waals surface area contributed by atoms with Crippen molar-refractivity contribution in [3.05, 3.63) is 59.1 Å². The second-order valence-corrected chi connectivity index (χ2v) is 8.16. The molecule has 1 amide bonds. The van der Waals surface area contributed by atoms with Crippen LogP contribution >= 0.6 is 11.6 Å². The van der Waals surface area contributed by atoms with E-state index in [1.54, 1.807) is 24.3 Å². The molecule has 0 aliphatic rings. The summed E-state index contributed by atoms with van der Waals surface area (Å²) < 4.78 is 27.0. The molecule has 0 spiro atoms. The van der Waals surface area contributed by atoms with Crippen LogP contribution in [0, 0.1) is 0 Å². The molecule has 2 N–H and O–H groups in total. The monoisotopic (exact) mass is 410 g/mol. The normalized spacial score (nSPS) is 12.6. The number of rotatable bonds is 7. The lowest BCUT2D eigenvalue weighted by Crippen LogP contribution is -2.42. The fourth-order valence-corrected chi connectivity index (χ4v) is 4.16. The maximum Gasteiger partial charge on any atom is 0.321 e. The number of carboxylic acid groups (broad SMARTS) is 1. The number of carbonyl (C=O) groups is 2. The summed E-state index contributed by atoms with van der Waals surface area (Å²) in [6.45, 7) is 2.44. The van der Waals surface area contributed by atoms with Gasteiger partial charge in [-0.25, -0.2) is 8.42 Å². The average Bonchev–Trinajstić information content (AvgIpc) is 2.60. The van der Waals surface area contributed by atoms with Crippen LogP contribution in [0.5, 0.6) is 0 Å². The molecule has 0 aliphatic carbocycles. The van der Waals surface area contributed by atoms with Crippen LogP contribution in [0.15, 0.2) is 53.4 Å². The minimum absolute atomic E-state index is 0.0863. The molecule has 7 nitrogen and oxygen atoms in total. The molecule has 0 radical (unpaired) electrons. The fourth-order valence-electron chi connectivity index (χ4n) is 2.40. The predicted octanol–water partition coefficient (Wildman–Crippen LogP) is 2.96. The minimum Gasteiger partial charge on any atom is -0.480 e. The molecule has 2 aromatic rings. The van der Waals surface area contributed by atoms with Crippen LogP contribution in [0.3, 0.4) is 0 Å². The third-order valence-electron chi connectivity index (χ3n) is 3.85. The van der Waals surface area contributed by atoms with Gasteiger partial charge in [-0.2, -0.15) is 4.31 Å². The highest BCUT2D eigenvalue weighted by Gasteiger charge is 2.33. The van der Waals surface area contributed by atoms with Crippen molar-refractivity contribution in [1.29, 1.82) is 0 Å². The molecule has 0 heterocycles. The standard InChI is InChI=1S/C18H19ClN2O5S/c1-12(18(23)24)21(11-14-5-3-4-6-17(14)19)27(25,26)16-9-7-15(8-10-16)20-13(2)22/h3-10,12H,11H2,1-2H3,(H,20,22)(H,23,24). The first-order valence-electron chi connectivity index (χ1n) is 7.98. The number of nitrogens with zero attached hydrogens (tertiary/aromatic N) is 1. The van der Waals surface area contributed by atoms with Gasteiger partial charge in [0.15, 0.2) is 0 Å². The van der Waals surface area contributed by atoms with E-state index >= 15 is 0 Å². The van der Waals surface area contributed by atoms with Crippen molar-refractivity contribution >= 4 is 39.2 Å². The number of aliphatic carboxylic acids is 1. The summed E-state index contributed by atoms with van der Waals surface area (Å²) in [6.07, 6.45) is 0. The SMILES string of the molecule is CC(=O)Nc1ccc(S(=O)(=O)N(Cc2ccccc2Cl)C(C)C(=O)O)cc1. The van der Waals surface area contributed by atoms with E-state index in [0.717, 1.165) is 4.31 Å². The van der Waals surface area contributed by atoms with Gasteiger partial charge in [0, 0.05) is 24.2 Å². The van der Waals surface area contributed by atoms with Crippen molar-refractivity contribution in [2.24, 2.45) is 0 Å². The molecule has 144 valence electrons. The number of hydrogen-bond donors (Lipinski definition) is 2. The summed E-state index contributed by atoms with van der Waals surface area (Å²) in [5.41, 5.74) is 0.927. The number of carbonyl (C=O) groups excluding carboxylic acids is 1. The van der Waals surface area contributed by atoms with Crippen LogP contribution in [-0.4, -0.2) is 35.7 Å². The van der Waals surface area contributed by atoms with Crippen LogP contribution in [0.25, 0.3) is 0 Å². The molecule has 0 aliphatic heterocycles. The highest BCUT2D eigenvalue weighted by atomic mass is 35.5. The molecule has 0 fully saturated rings. The number of amides is 1. The number of nitrogens with one attached hydrogen (secondary N) is 1. The van der Waals surface area contributed by atoms with Gasteiger partial charge in [-0.05, 0) is 42.8 Å². The molecule has 1 unspecified atom stereocenters. The Morgan fingerprint density at radius 1 is 1.15 bits per heavy atom. The third kappa shape index (κ3) is 5.06. The first-order valence-corrected chi connectivity index (χ1v) is 9.80. The lowest BCUT2D eigenvalue weighted by molar-refractivity contribution is -0.141. The molecule has 1 atom stereocenters. The Morgan fingerprint density at radius 3 is 2.26 bits per heavy atom. The number of anilines is 1. The van der Waals surface area contributed by atoms with Crippen molar-refractivity contribution in [2.75, 3.05) is 5.32 Å². The summed E-state index contributed by atoms with van der Waals surface area (Å²) >= 11 is 6.11. The Kier molecular flexibility index (Phi) is 6.59. The van der Waals surface area contributed by atoms with Crippen LogP contribution in [0.2, 0.25) is 5.02 Å². The molecular formula is C18H19ClN2O5S. The van der Waals surface area contributed by atoms with Gasteiger partial charge in [-0.15, -0.1) is 0 Å². The van der Waals surface area contributed by atoms with Gasteiger partial charge in [0.1, 0.15) is 6.04 Å². The Labute approximate surface area is 162 Å². The molecule has 0 aromatic heterocycles. The van der Waals surface area contributed by atoms with Crippen LogP contribution in [0.1, 0.15) is 19.4 Å². The van der Waals surface area contributed by atoms with Gasteiger partial charge in [0.2, 0.25) is 15.9 Å². The smallest absolute Gasteiger partial charge is 0.321 e. The van der Waals surface area contributed by atoms with Crippen molar-refractivity contribution < 1.29 is 23.1 Å². The lowest BCUT2D eigenvalue weighted by Gasteiger charge is -2.26. The van der Waals surface area contributed by atoms with Crippen LogP contribution in [-0.2, 0) is 26.2 Å². The second-order valence-electron chi connectivity index (χ2n) is 5.86. The third-order valence-corrected chi connectivity index (χ3v) is 6.15. The molecule has 27 heavy (non-hydrogen) atoms. The van der Waals surface area contributed by atoms with E-state index in [0.29, 0.717) is 16.3 Å². The Hall–Kier alpha value is -2.42. The predicted molar refractivity (Wildman–Crippen MR) is 102 cm³/mol. The summed E-state index contributed by atoms with van der Waals surface area (Å²) in [4.78, 5) is 22.5. The molecule has 0 bridgehead atoms. The van der Waals surface area contributed by atoms with E-state index < -0.39 is 22.0 Å². The number of carboxylic acids is 1. The van der Waals surface area contributed by atoms with Crippen LogP contribution in [0.4, 0.5) is 5.69 Å². The maximum absolute atomic E-state index is 13.1. The average molecular weight is 411 g/mol. The lowest BCUT2D eigenvalue weighted by atomic mass is 10.2. The maximum atomic E-state index is 13.1. The fraction of sp³-hybridized carbons (Fsp3) is 0.222. The topological polar surface area (TPSA) is 104 Å². The highest BCUT2D eigenvalue weighted by Crippen LogP contribution is 2.25. The van der Waals surface area contributed by atoms with Gasteiger partial charge in [-0.1, -0.05) is 29.8 Å². The highest BCUT2D eigenvalue weighted by molar-refractivity contribution is 7.89. The Morgan fingerprint density at radius 2 is 1.74 bits per heavy atom. The summed E-state index contributed by atoms with van der Waals surface area (Å²) in [6, 6.07) is 10.8. The summed E-state index contributed by atoms with van der Waals surface area (Å²) in [7, 11) is -4.12. The molecule has 9 heteroatoms. The Bertz CT molecular complexity index is 944. The molecule has 2 aromatic carbocycles.